The number of benzene rings is 1. The number of esters is 1. The maximum atomic E-state index is 12.0. The number of hydrogen-bond acceptors (Lipinski definition) is 6. The highest BCUT2D eigenvalue weighted by atomic mass is 32.2. The van der Waals surface area contributed by atoms with E-state index in [1.54, 1.807) is 6.07 Å². The first-order valence-electron chi connectivity index (χ1n) is 6.82. The Morgan fingerprint density at radius 2 is 1.88 bits per heavy atom. The second-order valence-corrected chi connectivity index (χ2v) is 6.41. The van der Waals surface area contributed by atoms with Crippen LogP contribution in [0.4, 0.5) is 5.69 Å². The Balaban J connectivity index is 1.98. The van der Waals surface area contributed by atoms with Crippen LogP contribution in [-0.2, 0) is 19.6 Å². The highest BCUT2D eigenvalue weighted by molar-refractivity contribution is 7.89. The van der Waals surface area contributed by atoms with Gasteiger partial charge in [-0.25, -0.2) is 18.4 Å². The van der Waals surface area contributed by atoms with Crippen molar-refractivity contribution in [1.82, 2.24) is 4.98 Å². The lowest BCUT2D eigenvalue weighted by molar-refractivity contribution is -0.123. The molecular weight excluding hydrogens is 334 g/mol. The minimum atomic E-state index is -3.80. The summed E-state index contributed by atoms with van der Waals surface area (Å²) in [5.74, 6) is -1.23. The van der Waals surface area contributed by atoms with Crippen LogP contribution in [0.5, 0.6) is 0 Å². The van der Waals surface area contributed by atoms with E-state index in [-0.39, 0.29) is 10.5 Å². The van der Waals surface area contributed by atoms with Gasteiger partial charge in [0.15, 0.2) is 6.10 Å². The molecule has 0 saturated heterocycles. The van der Waals surface area contributed by atoms with Gasteiger partial charge in [0.1, 0.15) is 0 Å². The van der Waals surface area contributed by atoms with E-state index in [1.165, 1.54) is 49.6 Å². The largest absolute Gasteiger partial charge is 0.449 e. The fraction of sp³-hybridized carbons (Fsp3) is 0.133. The van der Waals surface area contributed by atoms with Gasteiger partial charge in [0, 0.05) is 18.1 Å². The van der Waals surface area contributed by atoms with Crippen LogP contribution in [0.1, 0.15) is 17.3 Å². The molecule has 0 unspecified atom stereocenters. The number of sulfonamides is 1. The van der Waals surface area contributed by atoms with Crippen LogP contribution < -0.4 is 10.5 Å². The molecule has 0 aliphatic heterocycles. The van der Waals surface area contributed by atoms with Crippen molar-refractivity contribution in [3.63, 3.8) is 0 Å². The van der Waals surface area contributed by atoms with E-state index in [1.807, 2.05) is 0 Å². The maximum Gasteiger partial charge on any atom is 0.340 e. The van der Waals surface area contributed by atoms with E-state index in [9.17, 15) is 18.0 Å². The monoisotopic (exact) mass is 349 g/mol. The van der Waals surface area contributed by atoms with Gasteiger partial charge in [0.2, 0.25) is 10.0 Å². The molecule has 126 valence electrons. The zero-order chi connectivity index (χ0) is 17.7. The quantitative estimate of drug-likeness (QED) is 0.772. The molecule has 0 fully saturated rings. The second-order valence-electron chi connectivity index (χ2n) is 4.85. The summed E-state index contributed by atoms with van der Waals surface area (Å²) in [6.07, 6.45) is 1.80. The highest BCUT2D eigenvalue weighted by Crippen LogP contribution is 2.13. The minimum absolute atomic E-state index is 0.0726. The van der Waals surface area contributed by atoms with Crippen molar-refractivity contribution in [1.29, 1.82) is 0 Å². The number of anilines is 1. The number of primary sulfonamides is 1. The summed E-state index contributed by atoms with van der Waals surface area (Å²) in [6.45, 7) is 1.42. The Morgan fingerprint density at radius 3 is 2.42 bits per heavy atom. The molecule has 1 amide bonds. The molecule has 1 aromatic heterocycles. The summed E-state index contributed by atoms with van der Waals surface area (Å²) in [7, 11) is -3.80. The summed E-state index contributed by atoms with van der Waals surface area (Å²) in [4.78, 5) is 27.6. The first-order chi connectivity index (χ1) is 11.3. The standard InChI is InChI=1S/C15H15N3O5S/c1-10(23-15(20)11-3-2-8-17-9-11)14(19)18-12-4-6-13(7-5-12)24(16,21)22/h2-10H,1H3,(H,18,19)(H2,16,21,22)/t10-/m0/s1. The van der Waals surface area contributed by atoms with Crippen LogP contribution >= 0.6 is 0 Å². The number of nitrogens with one attached hydrogen (secondary N) is 1. The number of aromatic nitrogens is 1. The molecule has 0 radical (unpaired) electrons. The molecule has 1 heterocycles. The molecule has 0 aliphatic rings. The van der Waals surface area contributed by atoms with Crippen LogP contribution in [0.3, 0.4) is 0 Å². The molecule has 0 saturated carbocycles. The number of amides is 1. The summed E-state index contributed by atoms with van der Waals surface area (Å²) in [6, 6.07) is 8.38. The highest BCUT2D eigenvalue weighted by Gasteiger charge is 2.19. The number of rotatable bonds is 5. The molecule has 1 atom stereocenters. The molecule has 9 heteroatoms. The number of pyridine rings is 1. The third-order valence-corrected chi connectivity index (χ3v) is 3.93. The van der Waals surface area contributed by atoms with Crippen LogP contribution in [0.25, 0.3) is 0 Å². The van der Waals surface area contributed by atoms with Crippen LogP contribution in [0.15, 0.2) is 53.7 Å². The van der Waals surface area contributed by atoms with E-state index >= 15 is 0 Å². The minimum Gasteiger partial charge on any atom is -0.449 e. The average Bonchev–Trinajstić information content (AvgIpc) is 2.55. The number of carbonyl (C=O) groups is 2. The molecule has 2 rings (SSSR count). The number of nitrogens with zero attached hydrogens (tertiary/aromatic N) is 1. The Labute approximate surface area is 138 Å². The Hall–Kier alpha value is -2.78. The number of hydrogen-bond donors (Lipinski definition) is 2. The predicted molar refractivity (Wildman–Crippen MR) is 85.6 cm³/mol. The molecule has 0 bridgehead atoms. The van der Waals surface area contributed by atoms with Crippen molar-refractivity contribution in [2.24, 2.45) is 5.14 Å². The third kappa shape index (κ3) is 4.61. The molecule has 24 heavy (non-hydrogen) atoms. The van der Waals surface area contributed by atoms with Crippen molar-refractivity contribution in [2.45, 2.75) is 17.9 Å². The number of carbonyl (C=O) groups excluding carboxylic acids is 2. The van der Waals surface area contributed by atoms with E-state index in [4.69, 9.17) is 9.88 Å². The Morgan fingerprint density at radius 1 is 1.21 bits per heavy atom. The lowest BCUT2D eigenvalue weighted by Crippen LogP contribution is -2.30. The van der Waals surface area contributed by atoms with Gasteiger partial charge >= 0.3 is 5.97 Å². The van der Waals surface area contributed by atoms with Crippen LogP contribution in [0, 0.1) is 0 Å². The zero-order valence-electron chi connectivity index (χ0n) is 12.7. The van der Waals surface area contributed by atoms with Crippen molar-refractivity contribution < 1.29 is 22.7 Å². The fourth-order valence-electron chi connectivity index (χ4n) is 1.74. The van der Waals surface area contributed by atoms with E-state index < -0.39 is 28.0 Å². The number of ether oxygens (including phenoxy) is 1. The van der Waals surface area contributed by atoms with Crippen molar-refractivity contribution in [3.05, 3.63) is 54.4 Å². The van der Waals surface area contributed by atoms with Gasteiger partial charge in [0.05, 0.1) is 10.5 Å². The summed E-state index contributed by atoms with van der Waals surface area (Å²) >= 11 is 0. The van der Waals surface area contributed by atoms with Crippen molar-refractivity contribution in [2.75, 3.05) is 5.32 Å². The van der Waals surface area contributed by atoms with Gasteiger partial charge < -0.3 is 10.1 Å². The first-order valence-corrected chi connectivity index (χ1v) is 8.37. The third-order valence-electron chi connectivity index (χ3n) is 3.00. The van der Waals surface area contributed by atoms with Crippen LogP contribution in [-0.4, -0.2) is 31.4 Å². The Kier molecular flexibility index (Phi) is 5.27. The Bertz CT molecular complexity index is 835. The molecule has 1 aromatic carbocycles. The van der Waals surface area contributed by atoms with Crippen LogP contribution in [0.2, 0.25) is 0 Å². The SMILES string of the molecule is C[C@H](OC(=O)c1cccnc1)C(=O)Nc1ccc(S(N)(=O)=O)cc1. The molecule has 3 N–H and O–H groups in total. The van der Waals surface area contributed by atoms with Gasteiger partial charge in [0.25, 0.3) is 5.91 Å². The average molecular weight is 349 g/mol. The summed E-state index contributed by atoms with van der Waals surface area (Å²) in [5.41, 5.74) is 0.575. The van der Waals surface area contributed by atoms with Gasteiger partial charge in [-0.2, -0.15) is 0 Å². The molecule has 2 aromatic rings. The van der Waals surface area contributed by atoms with Gasteiger partial charge in [-0.3, -0.25) is 9.78 Å². The molecule has 0 aliphatic carbocycles. The summed E-state index contributed by atoms with van der Waals surface area (Å²) < 4.78 is 27.4. The lowest BCUT2D eigenvalue weighted by atomic mass is 10.2. The van der Waals surface area contributed by atoms with Gasteiger partial charge in [-0.1, -0.05) is 0 Å². The predicted octanol–water partition coefficient (Wildman–Crippen LogP) is 0.913. The molecular formula is C15H15N3O5S. The van der Waals surface area contributed by atoms with E-state index in [0.717, 1.165) is 0 Å². The van der Waals surface area contributed by atoms with Gasteiger partial charge in [-0.15, -0.1) is 0 Å². The lowest BCUT2D eigenvalue weighted by Gasteiger charge is -2.13. The summed E-state index contributed by atoms with van der Waals surface area (Å²) in [5, 5.41) is 7.50. The van der Waals surface area contributed by atoms with E-state index in [2.05, 4.69) is 10.3 Å². The van der Waals surface area contributed by atoms with Crippen molar-refractivity contribution >= 4 is 27.6 Å². The topological polar surface area (TPSA) is 128 Å². The smallest absolute Gasteiger partial charge is 0.340 e. The maximum absolute atomic E-state index is 12.0. The first kappa shape index (κ1) is 17.6. The van der Waals surface area contributed by atoms with Crippen molar-refractivity contribution in [3.8, 4) is 0 Å². The fourth-order valence-corrected chi connectivity index (χ4v) is 2.25. The molecule has 8 nitrogen and oxygen atoms in total. The second kappa shape index (κ2) is 7.20. The number of nitrogens with two attached hydrogens (primary N) is 1. The molecule has 0 spiro atoms. The van der Waals surface area contributed by atoms with Gasteiger partial charge in [-0.05, 0) is 43.3 Å². The normalized spacial score (nSPS) is 12.2. The van der Waals surface area contributed by atoms with E-state index in [0.29, 0.717) is 5.69 Å². The zero-order valence-corrected chi connectivity index (χ0v) is 13.5.